The summed E-state index contributed by atoms with van der Waals surface area (Å²) in [6, 6.07) is 10.1. The van der Waals surface area contributed by atoms with Crippen molar-refractivity contribution in [3.05, 3.63) is 63.3 Å². The summed E-state index contributed by atoms with van der Waals surface area (Å²) in [7, 11) is 0. The molecule has 0 aliphatic carbocycles. The van der Waals surface area contributed by atoms with E-state index in [2.05, 4.69) is 4.90 Å². The van der Waals surface area contributed by atoms with Crippen LogP contribution in [0.4, 0.5) is 0 Å². The molecule has 0 spiro atoms. The van der Waals surface area contributed by atoms with Crippen LogP contribution in [-0.4, -0.2) is 48.6 Å². The van der Waals surface area contributed by atoms with Crippen molar-refractivity contribution in [3.8, 4) is 17.1 Å². The van der Waals surface area contributed by atoms with Crippen LogP contribution < -0.4 is 10.2 Å². The number of fused-ring (bicyclic) bond motifs is 1. The number of aliphatic hydroxyl groups excluding tert-OH is 1. The van der Waals surface area contributed by atoms with Gasteiger partial charge in [0, 0.05) is 23.7 Å². The van der Waals surface area contributed by atoms with Crippen LogP contribution in [0.1, 0.15) is 34.3 Å². The van der Waals surface area contributed by atoms with Gasteiger partial charge in [-0.15, -0.1) is 0 Å². The molecule has 0 bridgehead atoms. The number of aryl methyl sites for hydroxylation is 2. The zero-order valence-corrected chi connectivity index (χ0v) is 17.9. The number of hydrogen-bond acceptors (Lipinski definition) is 6. The maximum Gasteiger partial charge on any atom is 0.193 e. The van der Waals surface area contributed by atoms with E-state index in [-0.39, 0.29) is 12.0 Å². The van der Waals surface area contributed by atoms with E-state index in [9.17, 15) is 14.7 Å². The number of β-amino-alcohol motifs (C(OH)–C–C–N with tert-alkyl or cyclic N) is 1. The van der Waals surface area contributed by atoms with Crippen molar-refractivity contribution >= 4 is 17.3 Å². The average molecular weight is 421 g/mol. The Morgan fingerprint density at radius 3 is 2.52 bits per heavy atom. The Kier molecular flexibility index (Phi) is 6.20. The van der Waals surface area contributed by atoms with Gasteiger partial charge in [-0.3, -0.25) is 9.59 Å². The van der Waals surface area contributed by atoms with Crippen LogP contribution in [0, 0.1) is 13.8 Å². The summed E-state index contributed by atoms with van der Waals surface area (Å²) in [5.41, 5.74) is 3.27. The van der Waals surface area contributed by atoms with Crippen LogP contribution in [0.15, 0.2) is 45.6 Å². The molecule has 1 aromatic heterocycles. The second-order valence-corrected chi connectivity index (χ2v) is 8.26. The molecule has 4 rings (SSSR count). The molecule has 0 amide bonds. The number of aliphatic hydroxyl groups is 1. The van der Waals surface area contributed by atoms with Gasteiger partial charge >= 0.3 is 0 Å². The van der Waals surface area contributed by atoms with Gasteiger partial charge in [-0.1, -0.05) is 0 Å². The molecule has 1 fully saturated rings. The molecule has 31 heavy (non-hydrogen) atoms. The van der Waals surface area contributed by atoms with Crippen LogP contribution >= 0.6 is 0 Å². The van der Waals surface area contributed by atoms with Crippen molar-refractivity contribution in [2.24, 2.45) is 0 Å². The summed E-state index contributed by atoms with van der Waals surface area (Å²) in [5, 5.41) is 10.7. The minimum Gasteiger partial charge on any atom is -0.490 e. The number of nitrogens with zero attached hydrogens (tertiary/aromatic N) is 1. The lowest BCUT2D eigenvalue weighted by Gasteiger charge is -2.21. The molecule has 1 aliphatic heterocycles. The molecule has 1 atom stereocenters. The number of rotatable bonds is 7. The highest BCUT2D eigenvalue weighted by Crippen LogP contribution is 2.31. The first-order valence-electron chi connectivity index (χ1n) is 10.6. The van der Waals surface area contributed by atoms with Gasteiger partial charge in [-0.2, -0.15) is 0 Å². The third kappa shape index (κ3) is 4.70. The Morgan fingerprint density at radius 2 is 1.84 bits per heavy atom. The molecular weight excluding hydrogens is 394 g/mol. The number of likely N-dealkylation sites (tertiary alicyclic amines) is 1. The van der Waals surface area contributed by atoms with Crippen molar-refractivity contribution in [2.75, 3.05) is 26.2 Å². The molecule has 1 saturated heterocycles. The van der Waals surface area contributed by atoms with Gasteiger partial charge in [0.05, 0.1) is 5.39 Å². The van der Waals surface area contributed by atoms with Crippen molar-refractivity contribution in [1.82, 2.24) is 4.90 Å². The van der Waals surface area contributed by atoms with Crippen molar-refractivity contribution < 1.29 is 19.1 Å². The fraction of sp³-hybridized carbons (Fsp3) is 0.360. The van der Waals surface area contributed by atoms with Crippen LogP contribution in [0.25, 0.3) is 22.3 Å². The third-order valence-electron chi connectivity index (χ3n) is 5.72. The van der Waals surface area contributed by atoms with Gasteiger partial charge in [-0.25, -0.2) is 0 Å². The van der Waals surface area contributed by atoms with Crippen LogP contribution in [0.2, 0.25) is 0 Å². The number of aldehydes is 1. The summed E-state index contributed by atoms with van der Waals surface area (Å²) in [6.45, 7) is 6.82. The second kappa shape index (κ2) is 9.04. The van der Waals surface area contributed by atoms with E-state index in [0.717, 1.165) is 35.5 Å². The minimum atomic E-state index is -0.536. The largest absolute Gasteiger partial charge is 0.490 e. The molecule has 0 radical (unpaired) electrons. The lowest BCUT2D eigenvalue weighted by Crippen LogP contribution is -2.33. The smallest absolute Gasteiger partial charge is 0.193 e. The summed E-state index contributed by atoms with van der Waals surface area (Å²) in [6.07, 6.45) is 2.55. The topological polar surface area (TPSA) is 80.0 Å². The molecule has 1 aliphatic rings. The summed E-state index contributed by atoms with van der Waals surface area (Å²) < 4.78 is 11.9. The number of carbonyl (C=O) groups is 1. The zero-order chi connectivity index (χ0) is 22.0. The van der Waals surface area contributed by atoms with Crippen molar-refractivity contribution in [3.63, 3.8) is 0 Å². The van der Waals surface area contributed by atoms with E-state index >= 15 is 0 Å². The first-order chi connectivity index (χ1) is 14.9. The Hall–Kier alpha value is -2.96. The van der Waals surface area contributed by atoms with Gasteiger partial charge in [0.25, 0.3) is 0 Å². The van der Waals surface area contributed by atoms with Crippen LogP contribution in [0.3, 0.4) is 0 Å². The van der Waals surface area contributed by atoms with Crippen LogP contribution in [0.5, 0.6) is 5.75 Å². The predicted octanol–water partition coefficient (Wildman–Crippen LogP) is 3.72. The number of ether oxygens (including phenoxy) is 1. The molecule has 2 aromatic carbocycles. The van der Waals surface area contributed by atoms with Gasteiger partial charge in [-0.05, 0) is 81.2 Å². The molecular formula is C25H27NO5. The highest BCUT2D eigenvalue weighted by atomic mass is 16.5. The Bertz CT molecular complexity index is 1140. The fourth-order valence-electron chi connectivity index (χ4n) is 4.21. The Labute approximate surface area is 181 Å². The van der Waals surface area contributed by atoms with Gasteiger partial charge in [0.2, 0.25) is 0 Å². The molecule has 3 aromatic rings. The van der Waals surface area contributed by atoms with E-state index < -0.39 is 6.10 Å². The highest BCUT2D eigenvalue weighted by molar-refractivity contribution is 5.86. The molecule has 6 heteroatoms. The summed E-state index contributed by atoms with van der Waals surface area (Å²) in [4.78, 5) is 25.8. The van der Waals surface area contributed by atoms with Crippen molar-refractivity contribution in [1.29, 1.82) is 0 Å². The normalized spacial score (nSPS) is 15.3. The average Bonchev–Trinajstić information content (AvgIpc) is 3.25. The number of benzene rings is 2. The maximum atomic E-state index is 12.6. The monoisotopic (exact) mass is 421 g/mol. The molecule has 6 nitrogen and oxygen atoms in total. The Morgan fingerprint density at radius 1 is 1.13 bits per heavy atom. The maximum absolute atomic E-state index is 12.6. The molecule has 1 N–H and O–H groups in total. The predicted molar refractivity (Wildman–Crippen MR) is 120 cm³/mol. The molecule has 2 heterocycles. The number of carbonyl (C=O) groups excluding carboxylic acids is 1. The van der Waals surface area contributed by atoms with E-state index in [1.165, 1.54) is 18.9 Å². The van der Waals surface area contributed by atoms with Crippen molar-refractivity contribution in [2.45, 2.75) is 32.8 Å². The van der Waals surface area contributed by atoms with Gasteiger partial charge < -0.3 is 19.2 Å². The first kappa shape index (κ1) is 21.3. The van der Waals surface area contributed by atoms with E-state index in [4.69, 9.17) is 9.15 Å². The standard InChI is InChI=1S/C25H27NO5/c1-16-9-19(24-12-22(29)21-11-18(14-27)5-6-23(21)31-24)10-17(2)25(16)30-15-20(28)13-26-7-3-4-8-26/h5-6,9-12,14,20,28H,3-4,7-8,13,15H2,1-2H3. The van der Waals surface area contributed by atoms with E-state index in [1.54, 1.807) is 18.2 Å². The van der Waals surface area contributed by atoms with E-state index in [1.807, 2.05) is 26.0 Å². The number of hydrogen-bond donors (Lipinski definition) is 1. The van der Waals surface area contributed by atoms with Crippen LogP contribution in [-0.2, 0) is 0 Å². The molecule has 0 saturated carbocycles. The van der Waals surface area contributed by atoms with Gasteiger partial charge in [0.1, 0.15) is 36.1 Å². The fourth-order valence-corrected chi connectivity index (χ4v) is 4.21. The van der Waals surface area contributed by atoms with E-state index in [0.29, 0.717) is 35.1 Å². The SMILES string of the molecule is Cc1cc(-c2cc(=O)c3cc(C=O)ccc3o2)cc(C)c1OCC(O)CN1CCCC1. The zero-order valence-electron chi connectivity index (χ0n) is 17.9. The summed E-state index contributed by atoms with van der Waals surface area (Å²) in [5.74, 6) is 1.20. The first-order valence-corrected chi connectivity index (χ1v) is 10.6. The van der Waals surface area contributed by atoms with Gasteiger partial charge in [0.15, 0.2) is 5.43 Å². The molecule has 1 unspecified atom stereocenters. The Balaban J connectivity index is 1.55. The quantitative estimate of drug-likeness (QED) is 0.586. The molecule has 162 valence electrons. The third-order valence-corrected chi connectivity index (χ3v) is 5.72. The summed E-state index contributed by atoms with van der Waals surface area (Å²) >= 11 is 0. The lowest BCUT2D eigenvalue weighted by molar-refractivity contribution is 0.0753. The minimum absolute atomic E-state index is 0.194. The second-order valence-electron chi connectivity index (χ2n) is 8.26. The highest BCUT2D eigenvalue weighted by Gasteiger charge is 2.17. The lowest BCUT2D eigenvalue weighted by atomic mass is 10.0.